The lowest BCUT2D eigenvalue weighted by Gasteiger charge is -2.45. The molecule has 2 aliphatic heterocycles. The molecule has 0 unspecified atom stereocenters. The summed E-state index contributed by atoms with van der Waals surface area (Å²) in [6, 6.07) is 17.4. The minimum atomic E-state index is -0.977. The fourth-order valence-corrected chi connectivity index (χ4v) is 3.29. The van der Waals surface area contributed by atoms with E-state index in [1.807, 2.05) is 36.4 Å². The number of ether oxygens (including phenoxy) is 4. The number of esters is 1. The molecule has 4 N–H and O–H groups in total. The van der Waals surface area contributed by atoms with Gasteiger partial charge < -0.3 is 29.8 Å². The zero-order chi connectivity index (χ0) is 18.8. The molecule has 2 saturated heterocycles. The lowest BCUT2D eigenvalue weighted by Crippen LogP contribution is -2.79. The van der Waals surface area contributed by atoms with Crippen LogP contribution in [-0.2, 0) is 18.9 Å². The Balaban J connectivity index is 1.44. The quantitative estimate of drug-likeness (QED) is 0.768. The SMILES string of the molecule is [NH3+][C@H]1[C@@H](OC(=O)c2ccccc2)O[C@@H]2CO[C@@H](c3ccccc3)O[C@H]2[C@@H]1O. The average Bonchev–Trinajstić information content (AvgIpc) is 2.73. The van der Waals surface area contributed by atoms with Gasteiger partial charge in [-0.05, 0) is 12.1 Å². The first-order valence-electron chi connectivity index (χ1n) is 8.88. The predicted octanol–water partition coefficient (Wildman–Crippen LogP) is 0.654. The van der Waals surface area contributed by atoms with Crippen molar-refractivity contribution in [2.24, 2.45) is 0 Å². The van der Waals surface area contributed by atoms with Crippen molar-refractivity contribution in [1.29, 1.82) is 0 Å². The topological polar surface area (TPSA) is 102 Å². The molecule has 27 heavy (non-hydrogen) atoms. The number of quaternary nitrogens is 1. The first-order valence-corrected chi connectivity index (χ1v) is 8.88. The summed E-state index contributed by atoms with van der Waals surface area (Å²) in [7, 11) is 0. The molecule has 0 saturated carbocycles. The smallest absolute Gasteiger partial charge is 0.340 e. The van der Waals surface area contributed by atoms with E-state index in [4.69, 9.17) is 18.9 Å². The van der Waals surface area contributed by atoms with E-state index in [0.717, 1.165) is 5.56 Å². The van der Waals surface area contributed by atoms with E-state index >= 15 is 0 Å². The fraction of sp³-hybridized carbons (Fsp3) is 0.350. The minimum absolute atomic E-state index is 0.216. The summed E-state index contributed by atoms with van der Waals surface area (Å²) in [4.78, 5) is 12.3. The number of fused-ring (bicyclic) bond motifs is 1. The van der Waals surface area contributed by atoms with Gasteiger partial charge in [0.1, 0.15) is 18.3 Å². The van der Waals surface area contributed by atoms with Crippen molar-refractivity contribution in [1.82, 2.24) is 0 Å². The normalized spacial score (nSPS) is 33.1. The first kappa shape index (κ1) is 18.1. The maximum absolute atomic E-state index is 12.3. The Bertz CT molecular complexity index is 769. The largest absolute Gasteiger partial charge is 0.425 e. The molecule has 2 fully saturated rings. The molecule has 0 bridgehead atoms. The van der Waals surface area contributed by atoms with Crippen LogP contribution in [0.3, 0.4) is 0 Å². The fourth-order valence-electron chi connectivity index (χ4n) is 3.29. The van der Waals surface area contributed by atoms with E-state index in [1.54, 1.807) is 24.3 Å². The molecule has 142 valence electrons. The van der Waals surface area contributed by atoms with Crippen LogP contribution in [0, 0.1) is 0 Å². The molecular weight excluding hydrogens is 350 g/mol. The average molecular weight is 372 g/mol. The molecule has 7 nitrogen and oxygen atoms in total. The van der Waals surface area contributed by atoms with E-state index in [0.29, 0.717) is 5.56 Å². The standard InChI is InChI=1S/C20H21NO6/c21-15-16(22)17-14(11-24-19(26-17)13-9-5-2-6-10-13)25-20(15)27-18(23)12-7-3-1-4-8-12/h1-10,14-17,19-20,22H,11,21H2/p+1/t14-,15-,16-,17-,19-,20-/m1/s1. The summed E-state index contributed by atoms with van der Waals surface area (Å²) in [5, 5.41) is 10.7. The van der Waals surface area contributed by atoms with Gasteiger partial charge in [0.05, 0.1) is 12.2 Å². The summed E-state index contributed by atoms with van der Waals surface area (Å²) >= 11 is 0. The highest BCUT2D eigenvalue weighted by Gasteiger charge is 2.51. The zero-order valence-corrected chi connectivity index (χ0v) is 14.6. The third-order valence-corrected chi connectivity index (χ3v) is 4.80. The van der Waals surface area contributed by atoms with Crippen molar-refractivity contribution in [2.45, 2.75) is 36.9 Å². The van der Waals surface area contributed by atoms with E-state index in [2.05, 4.69) is 5.73 Å². The van der Waals surface area contributed by atoms with Gasteiger partial charge in [0.25, 0.3) is 6.29 Å². The molecule has 4 rings (SSSR count). The number of benzene rings is 2. The van der Waals surface area contributed by atoms with Gasteiger partial charge in [-0.3, -0.25) is 0 Å². The van der Waals surface area contributed by atoms with Crippen LogP contribution in [0.25, 0.3) is 0 Å². The number of rotatable bonds is 3. The highest BCUT2D eigenvalue weighted by atomic mass is 16.8. The van der Waals surface area contributed by atoms with Crippen LogP contribution in [0.2, 0.25) is 0 Å². The van der Waals surface area contributed by atoms with Crippen molar-refractivity contribution >= 4 is 5.97 Å². The van der Waals surface area contributed by atoms with E-state index < -0.39 is 42.9 Å². The minimum Gasteiger partial charge on any atom is -0.425 e. The molecule has 6 atom stereocenters. The lowest BCUT2D eigenvalue weighted by atomic mass is 9.96. The number of carbonyl (C=O) groups excluding carboxylic acids is 1. The number of aliphatic hydroxyl groups excluding tert-OH is 1. The van der Waals surface area contributed by atoms with Gasteiger partial charge >= 0.3 is 5.97 Å². The predicted molar refractivity (Wildman–Crippen MR) is 93.2 cm³/mol. The van der Waals surface area contributed by atoms with Gasteiger partial charge in [0.2, 0.25) is 0 Å². The van der Waals surface area contributed by atoms with Crippen molar-refractivity contribution in [3.63, 3.8) is 0 Å². The second-order valence-corrected chi connectivity index (χ2v) is 6.65. The van der Waals surface area contributed by atoms with Crippen molar-refractivity contribution in [2.75, 3.05) is 6.61 Å². The highest BCUT2D eigenvalue weighted by molar-refractivity contribution is 5.89. The Morgan fingerprint density at radius 2 is 1.70 bits per heavy atom. The van der Waals surface area contributed by atoms with Gasteiger partial charge in [0.15, 0.2) is 12.3 Å². The highest BCUT2D eigenvalue weighted by Crippen LogP contribution is 2.33. The Morgan fingerprint density at radius 1 is 1.04 bits per heavy atom. The summed E-state index contributed by atoms with van der Waals surface area (Å²) in [5.41, 5.74) is 5.19. The number of hydrogen-bond donors (Lipinski definition) is 2. The summed E-state index contributed by atoms with van der Waals surface area (Å²) in [5.74, 6) is -0.528. The third-order valence-electron chi connectivity index (χ3n) is 4.80. The monoisotopic (exact) mass is 372 g/mol. The van der Waals surface area contributed by atoms with Crippen LogP contribution in [0.1, 0.15) is 22.2 Å². The van der Waals surface area contributed by atoms with E-state index in [-0.39, 0.29) is 6.61 Å². The van der Waals surface area contributed by atoms with Crippen LogP contribution in [0.15, 0.2) is 60.7 Å². The molecule has 0 spiro atoms. The maximum atomic E-state index is 12.3. The molecule has 2 heterocycles. The second-order valence-electron chi connectivity index (χ2n) is 6.65. The first-order chi connectivity index (χ1) is 13.1. The Kier molecular flexibility index (Phi) is 5.20. The van der Waals surface area contributed by atoms with E-state index in [9.17, 15) is 9.90 Å². The van der Waals surface area contributed by atoms with E-state index in [1.165, 1.54) is 0 Å². The van der Waals surface area contributed by atoms with Gasteiger partial charge in [-0.15, -0.1) is 0 Å². The number of carbonyl (C=O) groups is 1. The van der Waals surface area contributed by atoms with Crippen LogP contribution in [-0.4, -0.2) is 48.3 Å². The Hall–Kier alpha value is -2.29. The molecule has 0 aliphatic carbocycles. The van der Waals surface area contributed by atoms with Crippen LogP contribution in [0.4, 0.5) is 0 Å². The van der Waals surface area contributed by atoms with Crippen LogP contribution >= 0.6 is 0 Å². The maximum Gasteiger partial charge on any atom is 0.340 e. The lowest BCUT2D eigenvalue weighted by molar-refractivity contribution is -0.505. The number of aliphatic hydroxyl groups is 1. The van der Waals surface area contributed by atoms with Crippen LogP contribution in [0.5, 0.6) is 0 Å². The zero-order valence-electron chi connectivity index (χ0n) is 14.6. The van der Waals surface area contributed by atoms with Gasteiger partial charge in [-0.2, -0.15) is 0 Å². The second kappa shape index (κ2) is 7.75. The van der Waals surface area contributed by atoms with Crippen molar-refractivity contribution < 1.29 is 34.6 Å². The van der Waals surface area contributed by atoms with Crippen LogP contribution < -0.4 is 5.73 Å². The molecule has 0 amide bonds. The molecule has 7 heteroatoms. The molecular formula is C20H22NO6+. The van der Waals surface area contributed by atoms with Gasteiger partial charge in [0, 0.05) is 5.56 Å². The van der Waals surface area contributed by atoms with Crippen molar-refractivity contribution in [3.05, 3.63) is 71.8 Å². The third kappa shape index (κ3) is 3.73. The molecule has 2 aromatic rings. The number of hydrogen-bond acceptors (Lipinski definition) is 6. The Morgan fingerprint density at radius 3 is 2.41 bits per heavy atom. The Labute approximate surface area is 156 Å². The molecule has 0 aromatic heterocycles. The molecule has 2 aliphatic rings. The molecule has 2 aromatic carbocycles. The summed E-state index contributed by atoms with van der Waals surface area (Å²) in [6.45, 7) is 0.216. The summed E-state index contributed by atoms with van der Waals surface area (Å²) in [6.07, 6.45) is -3.67. The summed E-state index contributed by atoms with van der Waals surface area (Å²) < 4.78 is 22.9. The molecule has 0 radical (unpaired) electrons. The van der Waals surface area contributed by atoms with Gasteiger partial charge in [-0.25, -0.2) is 4.79 Å². The van der Waals surface area contributed by atoms with Crippen molar-refractivity contribution in [3.8, 4) is 0 Å². The van der Waals surface area contributed by atoms with Gasteiger partial charge in [-0.1, -0.05) is 48.5 Å².